The van der Waals surface area contributed by atoms with Crippen LogP contribution < -0.4 is 16.0 Å². The van der Waals surface area contributed by atoms with E-state index in [0.717, 1.165) is 44.1 Å². The molecule has 1 atom stereocenters. The van der Waals surface area contributed by atoms with E-state index in [4.69, 9.17) is 4.74 Å². The van der Waals surface area contributed by atoms with Crippen molar-refractivity contribution in [2.75, 3.05) is 32.8 Å². The molecule has 1 aliphatic heterocycles. The van der Waals surface area contributed by atoms with Gasteiger partial charge in [-0.2, -0.15) is 0 Å². The van der Waals surface area contributed by atoms with E-state index in [-0.39, 0.29) is 11.6 Å². The number of carbonyl (C=O) groups excluding carboxylic acids is 1. The second-order valence-electron chi connectivity index (χ2n) is 8.18. The van der Waals surface area contributed by atoms with Crippen LogP contribution in [0.2, 0.25) is 0 Å². The molecule has 5 rings (SSSR count). The maximum atomic E-state index is 12.4. The van der Waals surface area contributed by atoms with Crippen LogP contribution in [-0.4, -0.2) is 44.4 Å². The van der Waals surface area contributed by atoms with E-state index in [1.807, 2.05) is 0 Å². The average molecular weight is 307 g/mol. The summed E-state index contributed by atoms with van der Waals surface area (Å²) in [6, 6.07) is 0.0335. The Morgan fingerprint density at radius 2 is 1.82 bits per heavy atom. The number of hydrogen-bond acceptors (Lipinski definition) is 3. The van der Waals surface area contributed by atoms with Crippen LogP contribution in [0.3, 0.4) is 0 Å². The fourth-order valence-electron chi connectivity index (χ4n) is 5.68. The highest BCUT2D eigenvalue weighted by Gasteiger charge is 2.51. The number of ether oxygens (including phenoxy) is 1. The van der Waals surface area contributed by atoms with Crippen LogP contribution in [0.15, 0.2) is 0 Å². The molecule has 22 heavy (non-hydrogen) atoms. The number of hydrogen-bond donors (Lipinski definition) is 3. The summed E-state index contributed by atoms with van der Waals surface area (Å²) in [6.07, 6.45) is 7.86. The standard InChI is InChI=1S/C17H29N3O2/c21-16(19-10-15-9-18-1-2-22-11-15)20-17-6-12-3-13(7-17)5-14(4-12)8-17/h12-15,18H,1-11H2,(H2,19,20,21). The molecule has 0 spiro atoms. The van der Waals surface area contributed by atoms with Crippen LogP contribution in [0.5, 0.6) is 0 Å². The van der Waals surface area contributed by atoms with E-state index in [1.54, 1.807) is 0 Å². The van der Waals surface area contributed by atoms with Gasteiger partial charge in [-0.25, -0.2) is 4.79 Å². The topological polar surface area (TPSA) is 62.4 Å². The van der Waals surface area contributed by atoms with E-state index in [2.05, 4.69) is 16.0 Å². The molecule has 5 fully saturated rings. The van der Waals surface area contributed by atoms with Gasteiger partial charge in [-0.15, -0.1) is 0 Å². The van der Waals surface area contributed by atoms with Gasteiger partial charge in [-0.05, 0) is 56.3 Å². The maximum absolute atomic E-state index is 12.4. The first-order valence-electron chi connectivity index (χ1n) is 9.05. The summed E-state index contributed by atoms with van der Waals surface area (Å²) in [5, 5.41) is 9.80. The molecular formula is C17H29N3O2. The molecule has 2 amide bonds. The highest BCUT2D eigenvalue weighted by molar-refractivity contribution is 5.74. The number of urea groups is 1. The Bertz CT molecular complexity index is 383. The summed E-state index contributed by atoms with van der Waals surface area (Å²) in [7, 11) is 0. The van der Waals surface area contributed by atoms with Gasteiger partial charge in [-0.3, -0.25) is 0 Å². The van der Waals surface area contributed by atoms with E-state index < -0.39 is 0 Å². The molecule has 4 saturated carbocycles. The number of carbonyl (C=O) groups is 1. The first kappa shape index (κ1) is 14.8. The lowest BCUT2D eigenvalue weighted by atomic mass is 9.53. The van der Waals surface area contributed by atoms with Crippen molar-refractivity contribution in [1.82, 2.24) is 16.0 Å². The first-order valence-corrected chi connectivity index (χ1v) is 9.05. The Morgan fingerprint density at radius 1 is 1.14 bits per heavy atom. The van der Waals surface area contributed by atoms with E-state index in [9.17, 15) is 4.79 Å². The minimum Gasteiger partial charge on any atom is -0.380 e. The summed E-state index contributed by atoms with van der Waals surface area (Å²) in [6.45, 7) is 4.05. The average Bonchev–Trinajstić information content (AvgIpc) is 2.71. The molecule has 0 radical (unpaired) electrons. The fourth-order valence-corrected chi connectivity index (χ4v) is 5.68. The molecule has 124 valence electrons. The van der Waals surface area contributed by atoms with Gasteiger partial charge in [0.15, 0.2) is 0 Å². The van der Waals surface area contributed by atoms with E-state index >= 15 is 0 Å². The van der Waals surface area contributed by atoms with Crippen molar-refractivity contribution in [2.24, 2.45) is 23.7 Å². The second-order valence-corrected chi connectivity index (χ2v) is 8.18. The Hall–Kier alpha value is -0.810. The van der Waals surface area contributed by atoms with Gasteiger partial charge < -0.3 is 20.7 Å². The van der Waals surface area contributed by atoms with Gasteiger partial charge in [0.1, 0.15) is 0 Å². The molecule has 1 saturated heterocycles. The third-order valence-corrected chi connectivity index (χ3v) is 6.18. The smallest absolute Gasteiger partial charge is 0.315 e. The second kappa shape index (κ2) is 6.00. The van der Waals surface area contributed by atoms with Crippen molar-refractivity contribution in [2.45, 2.75) is 44.1 Å². The van der Waals surface area contributed by atoms with E-state index in [0.29, 0.717) is 12.5 Å². The van der Waals surface area contributed by atoms with Crippen molar-refractivity contribution in [3.63, 3.8) is 0 Å². The largest absolute Gasteiger partial charge is 0.380 e. The van der Waals surface area contributed by atoms with Gasteiger partial charge in [0.05, 0.1) is 13.2 Å². The Morgan fingerprint density at radius 3 is 2.50 bits per heavy atom. The minimum atomic E-state index is 0.0335. The predicted octanol–water partition coefficient (Wildman–Crippen LogP) is 1.49. The quantitative estimate of drug-likeness (QED) is 0.740. The van der Waals surface area contributed by atoms with Crippen molar-refractivity contribution in [1.29, 1.82) is 0 Å². The van der Waals surface area contributed by atoms with Gasteiger partial charge in [0, 0.05) is 31.1 Å². The molecule has 0 aromatic carbocycles. The van der Waals surface area contributed by atoms with Gasteiger partial charge in [-0.1, -0.05) is 0 Å². The zero-order chi connectivity index (χ0) is 15.0. The van der Waals surface area contributed by atoms with E-state index in [1.165, 1.54) is 38.5 Å². The summed E-state index contributed by atoms with van der Waals surface area (Å²) in [4.78, 5) is 12.4. The number of nitrogens with one attached hydrogen (secondary N) is 3. The highest BCUT2D eigenvalue weighted by atomic mass is 16.5. The summed E-state index contributed by atoms with van der Waals surface area (Å²) in [5.41, 5.74) is 0.108. The van der Waals surface area contributed by atoms with Crippen LogP contribution in [0.4, 0.5) is 4.79 Å². The molecule has 3 N–H and O–H groups in total. The van der Waals surface area contributed by atoms with Crippen LogP contribution in [0.25, 0.3) is 0 Å². The zero-order valence-corrected chi connectivity index (χ0v) is 13.4. The van der Waals surface area contributed by atoms with Crippen molar-refractivity contribution in [3.05, 3.63) is 0 Å². The molecule has 0 aromatic rings. The molecule has 5 heteroatoms. The highest BCUT2D eigenvalue weighted by Crippen LogP contribution is 2.55. The summed E-state index contributed by atoms with van der Waals surface area (Å²) < 4.78 is 5.54. The lowest BCUT2D eigenvalue weighted by Crippen LogP contribution is -2.61. The minimum absolute atomic E-state index is 0.0335. The van der Waals surface area contributed by atoms with Crippen molar-refractivity contribution >= 4 is 6.03 Å². The Labute approximate surface area is 132 Å². The molecule has 1 heterocycles. The summed E-state index contributed by atoms with van der Waals surface area (Å²) >= 11 is 0. The number of amides is 2. The SMILES string of the molecule is O=C(NCC1CNCCOC1)NC12CC3CC(CC(C3)C1)C2. The summed E-state index contributed by atoms with van der Waals surface area (Å²) in [5.74, 6) is 2.98. The predicted molar refractivity (Wildman–Crippen MR) is 84.6 cm³/mol. The van der Waals surface area contributed by atoms with Crippen LogP contribution in [0, 0.1) is 23.7 Å². The lowest BCUT2D eigenvalue weighted by Gasteiger charge is -2.56. The lowest BCUT2D eigenvalue weighted by molar-refractivity contribution is -0.0135. The number of rotatable bonds is 3. The third-order valence-electron chi connectivity index (χ3n) is 6.18. The van der Waals surface area contributed by atoms with Gasteiger partial charge in [0.2, 0.25) is 0 Å². The Balaban J connectivity index is 1.28. The van der Waals surface area contributed by atoms with Crippen LogP contribution in [0.1, 0.15) is 38.5 Å². The normalized spacial score (nSPS) is 43.6. The van der Waals surface area contributed by atoms with Crippen molar-refractivity contribution < 1.29 is 9.53 Å². The Kier molecular flexibility index (Phi) is 4.03. The molecule has 1 unspecified atom stereocenters. The molecule has 4 aliphatic carbocycles. The molecule has 4 bridgehead atoms. The first-order chi connectivity index (χ1) is 10.7. The van der Waals surface area contributed by atoms with Crippen molar-refractivity contribution in [3.8, 4) is 0 Å². The van der Waals surface area contributed by atoms with Gasteiger partial charge in [0.25, 0.3) is 0 Å². The van der Waals surface area contributed by atoms with Crippen LogP contribution >= 0.6 is 0 Å². The van der Waals surface area contributed by atoms with Gasteiger partial charge >= 0.3 is 6.03 Å². The fraction of sp³-hybridized carbons (Fsp3) is 0.941. The molecule has 5 aliphatic rings. The monoisotopic (exact) mass is 307 g/mol. The molecular weight excluding hydrogens is 278 g/mol. The molecule has 5 nitrogen and oxygen atoms in total. The zero-order valence-electron chi connectivity index (χ0n) is 13.4. The maximum Gasteiger partial charge on any atom is 0.315 e. The van der Waals surface area contributed by atoms with Crippen LogP contribution in [-0.2, 0) is 4.74 Å². The molecule has 0 aromatic heterocycles. The third kappa shape index (κ3) is 3.11.